The fourth-order valence-electron chi connectivity index (χ4n) is 3.63. The van der Waals surface area contributed by atoms with Crippen molar-refractivity contribution >= 4 is 10.0 Å². The number of halogens is 1. The third-order valence-electron chi connectivity index (χ3n) is 4.88. The maximum atomic E-state index is 14.6. The largest absolute Gasteiger partial charge is 0.298 e. The summed E-state index contributed by atoms with van der Waals surface area (Å²) in [7, 11) is -3.25. The van der Waals surface area contributed by atoms with Gasteiger partial charge in [0, 0.05) is 44.0 Å². The third-order valence-corrected chi connectivity index (χ3v) is 6.13. The van der Waals surface area contributed by atoms with Crippen molar-refractivity contribution in [2.45, 2.75) is 25.6 Å². The highest BCUT2D eigenvalue weighted by molar-refractivity contribution is 7.88. The molecule has 2 atom stereocenters. The number of rotatable bonds is 3. The normalized spacial score (nSPS) is 30.9. The van der Waals surface area contributed by atoms with Crippen molar-refractivity contribution in [3.63, 3.8) is 0 Å². The molecular formula is C15H22FN3O2S. The van der Waals surface area contributed by atoms with Crippen LogP contribution in [0.15, 0.2) is 24.5 Å². The molecule has 0 aliphatic carbocycles. The molecule has 2 fully saturated rings. The van der Waals surface area contributed by atoms with Crippen molar-refractivity contribution in [1.82, 2.24) is 14.2 Å². The summed E-state index contributed by atoms with van der Waals surface area (Å²) in [5, 5.41) is 0. The molecule has 2 saturated heterocycles. The Hall–Kier alpha value is -1.05. The number of aromatic nitrogens is 1. The first-order chi connectivity index (χ1) is 10.4. The second-order valence-electron chi connectivity index (χ2n) is 6.53. The zero-order valence-corrected chi connectivity index (χ0v) is 13.6. The van der Waals surface area contributed by atoms with Crippen molar-refractivity contribution in [3.8, 4) is 0 Å². The van der Waals surface area contributed by atoms with E-state index in [4.69, 9.17) is 0 Å². The molecule has 22 heavy (non-hydrogen) atoms. The maximum absolute atomic E-state index is 14.6. The van der Waals surface area contributed by atoms with Crippen LogP contribution in [-0.2, 0) is 16.6 Å². The predicted octanol–water partition coefficient (Wildman–Crippen LogP) is 1.28. The highest BCUT2D eigenvalue weighted by atomic mass is 32.2. The molecule has 0 saturated carbocycles. The van der Waals surface area contributed by atoms with Crippen LogP contribution < -0.4 is 0 Å². The van der Waals surface area contributed by atoms with Crippen molar-refractivity contribution < 1.29 is 12.8 Å². The zero-order valence-electron chi connectivity index (χ0n) is 12.8. The number of alkyl halides is 1. The van der Waals surface area contributed by atoms with Crippen molar-refractivity contribution in [2.24, 2.45) is 5.41 Å². The Bertz CT molecular complexity index is 625. The van der Waals surface area contributed by atoms with Gasteiger partial charge in [0.15, 0.2) is 0 Å². The van der Waals surface area contributed by atoms with Crippen LogP contribution in [0.4, 0.5) is 4.39 Å². The predicted molar refractivity (Wildman–Crippen MR) is 82.5 cm³/mol. The van der Waals surface area contributed by atoms with Crippen LogP contribution in [-0.4, -0.2) is 61.2 Å². The molecule has 3 rings (SSSR count). The average molecular weight is 327 g/mol. The lowest BCUT2D eigenvalue weighted by Gasteiger charge is -2.41. The second kappa shape index (κ2) is 5.86. The lowest BCUT2D eigenvalue weighted by molar-refractivity contribution is 0.0417. The van der Waals surface area contributed by atoms with Crippen molar-refractivity contribution in [3.05, 3.63) is 30.1 Å². The van der Waals surface area contributed by atoms with Gasteiger partial charge in [-0.2, -0.15) is 0 Å². The summed E-state index contributed by atoms with van der Waals surface area (Å²) in [5.41, 5.74) is 0.604. The quantitative estimate of drug-likeness (QED) is 0.839. The van der Waals surface area contributed by atoms with Gasteiger partial charge in [0.2, 0.25) is 10.0 Å². The standard InChI is InChI=1S/C15H22FN3O2S/c1-22(20,21)19-8-4-14(16)15(12-19)5-9-18(11-15)10-13-2-6-17-7-3-13/h2-3,6-7,14H,4-5,8-12H2,1H3/t14-,15+/m0/s1. The lowest BCUT2D eigenvalue weighted by atomic mass is 9.78. The molecule has 0 unspecified atom stereocenters. The Morgan fingerprint density at radius 2 is 2.05 bits per heavy atom. The second-order valence-corrected chi connectivity index (χ2v) is 8.51. The van der Waals surface area contributed by atoms with E-state index in [0.717, 1.165) is 18.7 Å². The van der Waals surface area contributed by atoms with Gasteiger partial charge in [0.05, 0.1) is 6.26 Å². The minimum Gasteiger partial charge on any atom is -0.298 e. The Labute approximate surface area is 131 Å². The summed E-state index contributed by atoms with van der Waals surface area (Å²) in [6.45, 7) is 2.78. The average Bonchev–Trinajstić information content (AvgIpc) is 2.86. The van der Waals surface area contributed by atoms with E-state index in [1.54, 1.807) is 12.4 Å². The Morgan fingerprint density at radius 1 is 1.32 bits per heavy atom. The zero-order chi connectivity index (χ0) is 15.8. The van der Waals surface area contributed by atoms with Crippen LogP contribution in [0.5, 0.6) is 0 Å². The van der Waals surface area contributed by atoms with Crippen molar-refractivity contribution in [2.75, 3.05) is 32.4 Å². The summed E-state index contributed by atoms with van der Waals surface area (Å²) >= 11 is 0. The Kier molecular flexibility index (Phi) is 4.22. The molecule has 0 amide bonds. The highest BCUT2D eigenvalue weighted by Gasteiger charge is 2.49. The van der Waals surface area contributed by atoms with Crippen LogP contribution in [0, 0.1) is 5.41 Å². The molecule has 7 heteroatoms. The molecular weight excluding hydrogens is 305 g/mol. The van der Waals surface area contributed by atoms with E-state index >= 15 is 0 Å². The molecule has 2 aliphatic heterocycles. The number of sulfonamides is 1. The molecule has 5 nitrogen and oxygen atoms in total. The van der Waals surface area contributed by atoms with Gasteiger partial charge >= 0.3 is 0 Å². The first kappa shape index (κ1) is 15.8. The van der Waals surface area contributed by atoms with E-state index in [1.807, 2.05) is 12.1 Å². The number of nitrogens with zero attached hydrogens (tertiary/aromatic N) is 3. The van der Waals surface area contributed by atoms with E-state index in [0.29, 0.717) is 32.5 Å². The Balaban J connectivity index is 1.71. The molecule has 1 spiro atoms. The van der Waals surface area contributed by atoms with Gasteiger partial charge in [0.25, 0.3) is 0 Å². The number of hydrogen-bond acceptors (Lipinski definition) is 4. The van der Waals surface area contributed by atoms with Gasteiger partial charge in [-0.3, -0.25) is 9.88 Å². The summed E-state index contributed by atoms with van der Waals surface area (Å²) in [5.74, 6) is 0. The van der Waals surface area contributed by atoms with E-state index in [-0.39, 0.29) is 0 Å². The summed E-state index contributed by atoms with van der Waals surface area (Å²) < 4.78 is 39.6. The van der Waals surface area contributed by atoms with Gasteiger partial charge < -0.3 is 0 Å². The molecule has 3 heterocycles. The fraction of sp³-hybridized carbons (Fsp3) is 0.667. The maximum Gasteiger partial charge on any atom is 0.211 e. The fourth-order valence-corrected chi connectivity index (χ4v) is 4.55. The van der Waals surface area contributed by atoms with Gasteiger partial charge in [-0.05, 0) is 37.1 Å². The van der Waals surface area contributed by atoms with Gasteiger partial charge in [-0.25, -0.2) is 17.1 Å². The summed E-state index contributed by atoms with van der Waals surface area (Å²) in [6, 6.07) is 3.92. The van der Waals surface area contributed by atoms with Crippen LogP contribution in [0.25, 0.3) is 0 Å². The van der Waals surface area contributed by atoms with Gasteiger partial charge in [-0.15, -0.1) is 0 Å². The van der Waals surface area contributed by atoms with Crippen LogP contribution in [0.3, 0.4) is 0 Å². The molecule has 1 aromatic rings. The monoisotopic (exact) mass is 327 g/mol. The number of piperidine rings is 1. The molecule has 2 aliphatic rings. The third kappa shape index (κ3) is 3.16. The van der Waals surface area contributed by atoms with Crippen LogP contribution in [0.2, 0.25) is 0 Å². The highest BCUT2D eigenvalue weighted by Crippen LogP contribution is 2.42. The van der Waals surface area contributed by atoms with E-state index in [2.05, 4.69) is 9.88 Å². The van der Waals surface area contributed by atoms with E-state index in [9.17, 15) is 12.8 Å². The smallest absolute Gasteiger partial charge is 0.211 e. The Morgan fingerprint density at radius 3 is 2.73 bits per heavy atom. The lowest BCUT2D eigenvalue weighted by Crippen LogP contribution is -2.52. The number of pyridine rings is 1. The minimum atomic E-state index is -3.25. The van der Waals surface area contributed by atoms with E-state index < -0.39 is 21.6 Å². The van der Waals surface area contributed by atoms with Crippen LogP contribution >= 0.6 is 0 Å². The number of hydrogen-bond donors (Lipinski definition) is 0. The van der Waals surface area contributed by atoms with E-state index in [1.165, 1.54) is 10.6 Å². The molecule has 0 bridgehead atoms. The molecule has 0 radical (unpaired) electrons. The van der Waals surface area contributed by atoms with Gasteiger partial charge in [-0.1, -0.05) is 0 Å². The van der Waals surface area contributed by atoms with Gasteiger partial charge in [0.1, 0.15) is 6.17 Å². The summed E-state index contributed by atoms with van der Waals surface area (Å²) in [4.78, 5) is 6.22. The van der Waals surface area contributed by atoms with Crippen LogP contribution in [0.1, 0.15) is 18.4 Å². The number of likely N-dealkylation sites (tertiary alicyclic amines) is 1. The first-order valence-electron chi connectivity index (χ1n) is 7.60. The summed E-state index contributed by atoms with van der Waals surface area (Å²) in [6.07, 6.45) is 4.81. The SMILES string of the molecule is CS(=O)(=O)N1CC[C@H](F)[C@@]2(CCN(Cc3ccncc3)C2)C1. The molecule has 0 aromatic carbocycles. The topological polar surface area (TPSA) is 53.5 Å². The molecule has 0 N–H and O–H groups in total. The van der Waals surface area contributed by atoms with Crippen molar-refractivity contribution in [1.29, 1.82) is 0 Å². The molecule has 1 aromatic heterocycles. The molecule has 122 valence electrons. The first-order valence-corrected chi connectivity index (χ1v) is 9.44. The minimum absolute atomic E-state index is 0.298.